The van der Waals surface area contributed by atoms with E-state index in [9.17, 15) is 9.59 Å². The summed E-state index contributed by atoms with van der Waals surface area (Å²) in [5, 5.41) is 2.56. The number of hydrogen-bond donors (Lipinski definition) is 0. The second kappa shape index (κ2) is 11.6. The number of carbonyl (C=O) groups is 1. The van der Waals surface area contributed by atoms with E-state index in [0.717, 1.165) is 21.9 Å². The van der Waals surface area contributed by atoms with Crippen molar-refractivity contribution < 1.29 is 19.0 Å². The summed E-state index contributed by atoms with van der Waals surface area (Å²) in [4.78, 5) is 32.4. The summed E-state index contributed by atoms with van der Waals surface area (Å²) < 4.78 is 18.5. The van der Waals surface area contributed by atoms with Gasteiger partial charge in [0.1, 0.15) is 12.4 Å². The van der Waals surface area contributed by atoms with Crippen molar-refractivity contribution in [1.82, 2.24) is 4.57 Å². The predicted octanol–water partition coefficient (Wildman–Crippen LogP) is 4.63. The number of thiazole rings is 1. The van der Waals surface area contributed by atoms with Crippen LogP contribution in [0.3, 0.4) is 0 Å². The van der Waals surface area contributed by atoms with Crippen molar-refractivity contribution in [1.29, 1.82) is 0 Å². The van der Waals surface area contributed by atoms with Gasteiger partial charge in [-0.15, -0.1) is 0 Å². The Balaban J connectivity index is 1.72. The first-order valence-electron chi connectivity index (χ1n) is 12.5. The molecule has 39 heavy (non-hydrogen) atoms. The molecule has 1 aliphatic heterocycles. The summed E-state index contributed by atoms with van der Waals surface area (Å²) in [5.41, 5.74) is 2.07. The van der Waals surface area contributed by atoms with Gasteiger partial charge in [-0.25, -0.2) is 9.79 Å². The summed E-state index contributed by atoms with van der Waals surface area (Å²) in [6.07, 6.45) is 1.85. The van der Waals surface area contributed by atoms with Crippen molar-refractivity contribution in [3.05, 3.63) is 108 Å². The monoisotopic (exact) mass is 562 g/mol. The second-order valence-corrected chi connectivity index (χ2v) is 10.3. The zero-order valence-corrected chi connectivity index (χ0v) is 23.3. The molecule has 0 amide bonds. The smallest absolute Gasteiger partial charge is 0.338 e. The molecule has 9 heteroatoms. The lowest BCUT2D eigenvalue weighted by Gasteiger charge is -2.24. The molecule has 0 bridgehead atoms. The number of halogens is 1. The SMILES string of the molecule is CCOc1ccc2ccccc2c1C=c1sc2n(c1=O)C(c1ccc(Cl)cc1)C(C(=O)OCCOC)=C(C)N=2. The van der Waals surface area contributed by atoms with Gasteiger partial charge in [-0.2, -0.15) is 0 Å². The summed E-state index contributed by atoms with van der Waals surface area (Å²) in [6.45, 7) is 4.52. The van der Waals surface area contributed by atoms with E-state index < -0.39 is 12.0 Å². The first-order valence-corrected chi connectivity index (χ1v) is 13.7. The molecule has 200 valence electrons. The standard InChI is InChI=1S/C30H27ClN2O5S/c1-4-37-24-14-11-19-7-5-6-8-22(19)23(24)17-25-28(34)33-27(20-9-12-21(31)13-10-20)26(18(2)32-30(33)39-25)29(35)38-16-15-36-3/h5-14,17,27H,4,15-16H2,1-3H3. The fourth-order valence-corrected chi connectivity index (χ4v) is 5.83. The van der Waals surface area contributed by atoms with Crippen LogP contribution in [-0.4, -0.2) is 37.5 Å². The van der Waals surface area contributed by atoms with Crippen LogP contribution in [0.4, 0.5) is 0 Å². The minimum absolute atomic E-state index is 0.0885. The van der Waals surface area contributed by atoms with E-state index in [1.165, 1.54) is 18.4 Å². The van der Waals surface area contributed by atoms with Crippen LogP contribution in [0.2, 0.25) is 5.02 Å². The van der Waals surface area contributed by atoms with E-state index in [1.807, 2.05) is 61.5 Å². The van der Waals surface area contributed by atoms with E-state index in [-0.39, 0.29) is 18.8 Å². The Morgan fingerprint density at radius 2 is 1.87 bits per heavy atom. The van der Waals surface area contributed by atoms with E-state index in [1.54, 1.807) is 23.6 Å². The summed E-state index contributed by atoms with van der Waals surface area (Å²) >= 11 is 7.43. The van der Waals surface area contributed by atoms with Gasteiger partial charge in [0.25, 0.3) is 5.56 Å². The third-order valence-corrected chi connectivity index (χ3v) is 7.69. The number of hydrogen-bond acceptors (Lipinski definition) is 7. The van der Waals surface area contributed by atoms with Gasteiger partial charge < -0.3 is 14.2 Å². The van der Waals surface area contributed by atoms with Gasteiger partial charge in [-0.3, -0.25) is 9.36 Å². The predicted molar refractivity (Wildman–Crippen MR) is 153 cm³/mol. The first kappa shape index (κ1) is 26.9. The van der Waals surface area contributed by atoms with Crippen molar-refractivity contribution in [3.8, 4) is 5.75 Å². The lowest BCUT2D eigenvalue weighted by Crippen LogP contribution is -2.40. The molecule has 5 rings (SSSR count). The molecule has 0 fully saturated rings. The van der Waals surface area contributed by atoms with Crippen molar-refractivity contribution in [2.24, 2.45) is 4.99 Å². The molecular weight excluding hydrogens is 536 g/mol. The molecule has 1 aliphatic rings. The van der Waals surface area contributed by atoms with E-state index >= 15 is 0 Å². The zero-order valence-electron chi connectivity index (χ0n) is 21.8. The average molecular weight is 563 g/mol. The number of ether oxygens (including phenoxy) is 3. The van der Waals surface area contributed by atoms with Crippen molar-refractivity contribution in [2.75, 3.05) is 26.9 Å². The van der Waals surface area contributed by atoms with Crippen LogP contribution < -0.4 is 19.6 Å². The van der Waals surface area contributed by atoms with Crippen LogP contribution >= 0.6 is 22.9 Å². The Labute approximate surface area is 234 Å². The molecule has 7 nitrogen and oxygen atoms in total. The maximum absolute atomic E-state index is 14.0. The van der Waals surface area contributed by atoms with Crippen LogP contribution in [0, 0.1) is 0 Å². The second-order valence-electron chi connectivity index (χ2n) is 8.89. The summed E-state index contributed by atoms with van der Waals surface area (Å²) in [7, 11) is 1.53. The molecule has 1 atom stereocenters. The molecule has 2 heterocycles. The molecule has 0 radical (unpaired) electrons. The van der Waals surface area contributed by atoms with Gasteiger partial charge in [0.2, 0.25) is 0 Å². The molecule has 0 saturated heterocycles. The normalized spacial score (nSPS) is 15.3. The molecule has 1 unspecified atom stereocenters. The van der Waals surface area contributed by atoms with Gasteiger partial charge in [0.05, 0.1) is 35.1 Å². The van der Waals surface area contributed by atoms with Crippen LogP contribution in [0.1, 0.15) is 31.0 Å². The number of fused-ring (bicyclic) bond motifs is 2. The average Bonchev–Trinajstić information content (AvgIpc) is 3.24. The number of carbonyl (C=O) groups excluding carboxylic acids is 1. The van der Waals surface area contributed by atoms with Crippen LogP contribution in [0.5, 0.6) is 5.75 Å². The fraction of sp³-hybridized carbons (Fsp3) is 0.233. The molecule has 4 aromatic rings. The van der Waals surface area contributed by atoms with E-state index in [2.05, 4.69) is 4.99 Å². The van der Waals surface area contributed by atoms with Gasteiger partial charge in [0, 0.05) is 17.7 Å². The first-order chi connectivity index (χ1) is 18.9. The van der Waals surface area contributed by atoms with Gasteiger partial charge in [-0.1, -0.05) is 65.4 Å². The van der Waals surface area contributed by atoms with Crippen molar-refractivity contribution in [2.45, 2.75) is 19.9 Å². The minimum atomic E-state index is -0.727. The van der Waals surface area contributed by atoms with Crippen LogP contribution in [0.15, 0.2) is 81.7 Å². The molecule has 3 aromatic carbocycles. The number of benzene rings is 3. The minimum Gasteiger partial charge on any atom is -0.493 e. The topological polar surface area (TPSA) is 79.1 Å². The maximum atomic E-state index is 14.0. The Morgan fingerprint density at radius 1 is 1.10 bits per heavy atom. The molecule has 0 saturated carbocycles. The van der Waals surface area contributed by atoms with Crippen molar-refractivity contribution >= 4 is 45.8 Å². The van der Waals surface area contributed by atoms with Crippen LogP contribution in [0.25, 0.3) is 16.8 Å². The Kier molecular flexibility index (Phi) is 7.97. The highest BCUT2D eigenvalue weighted by Crippen LogP contribution is 2.32. The molecule has 1 aromatic heterocycles. The lowest BCUT2D eigenvalue weighted by molar-refractivity contribution is -0.140. The van der Waals surface area contributed by atoms with E-state index in [0.29, 0.717) is 38.0 Å². The van der Waals surface area contributed by atoms with Crippen molar-refractivity contribution in [3.63, 3.8) is 0 Å². The van der Waals surface area contributed by atoms with E-state index in [4.69, 9.17) is 25.8 Å². The Hall–Kier alpha value is -3.72. The van der Waals surface area contributed by atoms with Gasteiger partial charge in [-0.05, 0) is 54.5 Å². The molecule has 0 aliphatic carbocycles. The van der Waals surface area contributed by atoms with Crippen LogP contribution in [-0.2, 0) is 14.3 Å². The van der Waals surface area contributed by atoms with Gasteiger partial charge in [0.15, 0.2) is 4.80 Å². The third kappa shape index (κ3) is 5.28. The number of esters is 1. The van der Waals surface area contributed by atoms with Gasteiger partial charge >= 0.3 is 5.97 Å². The highest BCUT2D eigenvalue weighted by atomic mass is 35.5. The number of nitrogens with zero attached hydrogens (tertiary/aromatic N) is 2. The summed E-state index contributed by atoms with van der Waals surface area (Å²) in [5.74, 6) is 0.144. The maximum Gasteiger partial charge on any atom is 0.338 e. The number of rotatable bonds is 8. The highest BCUT2D eigenvalue weighted by molar-refractivity contribution is 7.07. The quantitative estimate of drug-likeness (QED) is 0.231. The number of methoxy groups -OCH3 is 1. The fourth-order valence-electron chi connectivity index (χ4n) is 4.68. The molecule has 0 spiro atoms. The third-order valence-electron chi connectivity index (χ3n) is 6.45. The zero-order chi connectivity index (χ0) is 27.5. The lowest BCUT2D eigenvalue weighted by atomic mass is 9.96. The Bertz CT molecular complexity index is 1750. The highest BCUT2D eigenvalue weighted by Gasteiger charge is 2.33. The largest absolute Gasteiger partial charge is 0.493 e. The molecular formula is C30H27ClN2O5S. The number of aromatic nitrogens is 1. The number of allylic oxidation sites excluding steroid dienone is 1. The summed E-state index contributed by atoms with van der Waals surface area (Å²) in [6, 6.07) is 18.3. The molecule has 0 N–H and O–H groups in total. The Morgan fingerprint density at radius 3 is 2.62 bits per heavy atom.